The molecule has 3 N–H and O–H groups in total. The minimum Gasteiger partial charge on any atom is -0.345 e. The van der Waals surface area contributed by atoms with Crippen molar-refractivity contribution in [2.45, 2.75) is 45.6 Å². The first-order valence-electron chi connectivity index (χ1n) is 5.84. The Labute approximate surface area is 95.8 Å². The van der Waals surface area contributed by atoms with Crippen LogP contribution in [0.4, 0.5) is 0 Å². The number of amides is 1. The van der Waals surface area contributed by atoms with E-state index in [1.54, 1.807) is 0 Å². The van der Waals surface area contributed by atoms with Crippen molar-refractivity contribution in [3.05, 3.63) is 23.0 Å². The molecule has 2 rings (SSSR count). The number of nitrogens with zero attached hydrogens (tertiary/aromatic N) is 1. The van der Waals surface area contributed by atoms with Crippen LogP contribution in [0.15, 0.2) is 6.07 Å². The van der Waals surface area contributed by atoms with Gasteiger partial charge in [0.1, 0.15) is 0 Å². The Morgan fingerprint density at radius 3 is 2.62 bits per heavy atom. The summed E-state index contributed by atoms with van der Waals surface area (Å²) in [5.41, 5.74) is 5.09. The summed E-state index contributed by atoms with van der Waals surface area (Å²) in [6.45, 7) is 4.05. The lowest BCUT2D eigenvalue weighted by molar-refractivity contribution is 0.0953. The molecule has 1 aliphatic rings. The smallest absolute Gasteiger partial charge is 0.267 e. The predicted molar refractivity (Wildman–Crippen MR) is 63.1 cm³/mol. The molecule has 0 unspecified atom stereocenters. The lowest BCUT2D eigenvalue weighted by Gasteiger charge is -2.17. The molecule has 16 heavy (non-hydrogen) atoms. The molecule has 4 heteroatoms. The highest BCUT2D eigenvalue weighted by atomic mass is 16.2. The average molecular weight is 221 g/mol. The van der Waals surface area contributed by atoms with E-state index < -0.39 is 0 Å². The van der Waals surface area contributed by atoms with E-state index in [1.165, 1.54) is 25.7 Å². The van der Waals surface area contributed by atoms with Gasteiger partial charge in [-0.1, -0.05) is 12.8 Å². The summed E-state index contributed by atoms with van der Waals surface area (Å²) in [5, 5.41) is 0. The topological polar surface area (TPSA) is 60.1 Å². The van der Waals surface area contributed by atoms with Crippen LogP contribution in [0.3, 0.4) is 0 Å². The molecule has 88 valence electrons. The first kappa shape index (κ1) is 11.2. The van der Waals surface area contributed by atoms with E-state index in [0.29, 0.717) is 11.6 Å². The molecule has 0 radical (unpaired) electrons. The molecule has 0 bridgehead atoms. The van der Waals surface area contributed by atoms with Crippen LogP contribution in [0.1, 0.15) is 53.5 Å². The second kappa shape index (κ2) is 4.29. The first-order valence-corrected chi connectivity index (χ1v) is 5.84. The molecular formula is C12H19N3O. The van der Waals surface area contributed by atoms with E-state index >= 15 is 0 Å². The maximum atomic E-state index is 11.6. The molecule has 0 spiro atoms. The fourth-order valence-corrected chi connectivity index (χ4v) is 2.81. The van der Waals surface area contributed by atoms with Gasteiger partial charge >= 0.3 is 0 Å². The zero-order chi connectivity index (χ0) is 11.7. The minimum atomic E-state index is -0.197. The van der Waals surface area contributed by atoms with Gasteiger partial charge in [0.25, 0.3) is 5.91 Å². The van der Waals surface area contributed by atoms with Gasteiger partial charge in [0.05, 0.1) is 5.56 Å². The van der Waals surface area contributed by atoms with Crippen molar-refractivity contribution in [1.82, 2.24) is 9.99 Å². The fraction of sp³-hybridized carbons (Fsp3) is 0.583. The van der Waals surface area contributed by atoms with E-state index in [1.807, 2.05) is 13.0 Å². The van der Waals surface area contributed by atoms with Gasteiger partial charge in [-0.2, -0.15) is 0 Å². The fourth-order valence-electron chi connectivity index (χ4n) is 2.81. The maximum Gasteiger partial charge on any atom is 0.267 e. The van der Waals surface area contributed by atoms with Gasteiger partial charge in [-0.3, -0.25) is 10.2 Å². The number of carbonyl (C=O) groups excluding carboxylic acids is 1. The average Bonchev–Trinajstić information content (AvgIpc) is 2.86. The van der Waals surface area contributed by atoms with Crippen LogP contribution in [0.2, 0.25) is 0 Å². The molecule has 0 aromatic carbocycles. The number of hydrogen-bond donors (Lipinski definition) is 2. The number of nitrogens with two attached hydrogens (primary N) is 1. The number of nitrogen functional groups attached to an aromatic ring is 1. The summed E-state index contributed by atoms with van der Waals surface area (Å²) in [4.78, 5) is 11.6. The van der Waals surface area contributed by atoms with Gasteiger partial charge in [-0.15, -0.1) is 0 Å². The number of rotatable bonds is 2. The maximum absolute atomic E-state index is 11.6. The number of nitrogens with one attached hydrogen (secondary N) is 1. The third-order valence-electron chi connectivity index (χ3n) is 3.55. The molecule has 1 heterocycles. The van der Waals surface area contributed by atoms with E-state index in [0.717, 1.165) is 11.4 Å². The van der Waals surface area contributed by atoms with Crippen molar-refractivity contribution in [3.8, 4) is 0 Å². The standard InChI is InChI=1S/C12H19N3O/c1-8-7-11(12(16)14-13)9(2)15(8)10-5-3-4-6-10/h7,10H,3-6,13H2,1-2H3,(H,14,16). The highest BCUT2D eigenvalue weighted by Gasteiger charge is 2.22. The molecule has 1 aromatic heterocycles. The molecule has 0 saturated heterocycles. The van der Waals surface area contributed by atoms with Crippen molar-refractivity contribution < 1.29 is 4.79 Å². The molecule has 1 amide bonds. The minimum absolute atomic E-state index is 0.197. The van der Waals surface area contributed by atoms with E-state index in [9.17, 15) is 4.79 Å². The Morgan fingerprint density at radius 2 is 2.06 bits per heavy atom. The number of aromatic nitrogens is 1. The highest BCUT2D eigenvalue weighted by Crippen LogP contribution is 2.33. The SMILES string of the molecule is Cc1cc(C(=O)NN)c(C)n1C1CCCC1. The highest BCUT2D eigenvalue weighted by molar-refractivity contribution is 5.95. The first-order chi connectivity index (χ1) is 7.65. The van der Waals surface area contributed by atoms with Gasteiger partial charge < -0.3 is 4.57 Å². The van der Waals surface area contributed by atoms with Gasteiger partial charge in [0.2, 0.25) is 0 Å². The van der Waals surface area contributed by atoms with Crippen LogP contribution in [0, 0.1) is 13.8 Å². The van der Waals surface area contributed by atoms with Crippen molar-refractivity contribution in [1.29, 1.82) is 0 Å². The summed E-state index contributed by atoms with van der Waals surface area (Å²) < 4.78 is 2.29. The third-order valence-corrected chi connectivity index (χ3v) is 3.55. The van der Waals surface area contributed by atoms with Crippen LogP contribution >= 0.6 is 0 Å². The van der Waals surface area contributed by atoms with Crippen molar-refractivity contribution >= 4 is 5.91 Å². The number of hydrazine groups is 1. The summed E-state index contributed by atoms with van der Waals surface area (Å²) >= 11 is 0. The molecular weight excluding hydrogens is 202 g/mol. The van der Waals surface area contributed by atoms with Crippen molar-refractivity contribution in [2.75, 3.05) is 0 Å². The quantitative estimate of drug-likeness (QED) is 0.454. The molecule has 4 nitrogen and oxygen atoms in total. The molecule has 0 aliphatic heterocycles. The summed E-state index contributed by atoms with van der Waals surface area (Å²) in [5.74, 6) is 4.98. The van der Waals surface area contributed by atoms with Crippen molar-refractivity contribution in [2.24, 2.45) is 5.84 Å². The monoisotopic (exact) mass is 221 g/mol. The zero-order valence-electron chi connectivity index (χ0n) is 9.92. The molecule has 1 aromatic rings. The Hall–Kier alpha value is -1.29. The van der Waals surface area contributed by atoms with Gasteiger partial charge in [-0.25, -0.2) is 5.84 Å². The van der Waals surface area contributed by atoms with Gasteiger partial charge in [0, 0.05) is 17.4 Å². The van der Waals surface area contributed by atoms with Gasteiger partial charge in [0.15, 0.2) is 0 Å². The van der Waals surface area contributed by atoms with Crippen molar-refractivity contribution in [3.63, 3.8) is 0 Å². The Morgan fingerprint density at radius 1 is 1.44 bits per heavy atom. The molecule has 0 atom stereocenters. The lowest BCUT2D eigenvalue weighted by atomic mass is 10.2. The summed E-state index contributed by atoms with van der Waals surface area (Å²) in [6, 6.07) is 2.50. The Bertz CT molecular complexity index is 403. The lowest BCUT2D eigenvalue weighted by Crippen LogP contribution is -2.30. The van der Waals surface area contributed by atoms with E-state index in [2.05, 4.69) is 16.9 Å². The molecule has 1 saturated carbocycles. The van der Waals surface area contributed by atoms with E-state index in [4.69, 9.17) is 5.84 Å². The van der Waals surface area contributed by atoms with Crippen LogP contribution < -0.4 is 11.3 Å². The molecule has 1 fully saturated rings. The number of aryl methyl sites for hydroxylation is 1. The summed E-state index contributed by atoms with van der Waals surface area (Å²) in [6.07, 6.45) is 5.03. The van der Waals surface area contributed by atoms with Crippen LogP contribution in [-0.2, 0) is 0 Å². The number of carbonyl (C=O) groups is 1. The zero-order valence-corrected chi connectivity index (χ0v) is 9.92. The van der Waals surface area contributed by atoms with E-state index in [-0.39, 0.29) is 5.91 Å². The second-order valence-corrected chi connectivity index (χ2v) is 4.57. The van der Waals surface area contributed by atoms with Crippen LogP contribution in [0.25, 0.3) is 0 Å². The number of hydrogen-bond acceptors (Lipinski definition) is 2. The molecule has 1 aliphatic carbocycles. The second-order valence-electron chi connectivity index (χ2n) is 4.57. The Balaban J connectivity index is 2.38. The predicted octanol–water partition coefficient (Wildman–Crippen LogP) is 1.82. The van der Waals surface area contributed by atoms with Crippen LogP contribution in [0.5, 0.6) is 0 Å². The Kier molecular flexibility index (Phi) is 3.01. The van der Waals surface area contributed by atoms with Crippen LogP contribution in [-0.4, -0.2) is 10.5 Å². The summed E-state index contributed by atoms with van der Waals surface area (Å²) in [7, 11) is 0. The normalized spacial score (nSPS) is 16.7. The largest absolute Gasteiger partial charge is 0.345 e. The van der Waals surface area contributed by atoms with Gasteiger partial charge in [-0.05, 0) is 32.8 Å². The third kappa shape index (κ3) is 1.73.